The van der Waals surface area contributed by atoms with Crippen molar-refractivity contribution in [3.8, 4) is 5.75 Å². The van der Waals surface area contributed by atoms with E-state index in [0.717, 1.165) is 12.1 Å². The molecule has 6 N–H and O–H groups in total. The van der Waals surface area contributed by atoms with E-state index in [0.29, 0.717) is 24.0 Å². The molecule has 2 aliphatic heterocycles. The average molecular weight is 569 g/mol. The first-order valence-corrected chi connectivity index (χ1v) is 12.8. The van der Waals surface area contributed by atoms with E-state index in [1.54, 1.807) is 6.07 Å². The number of aliphatic hydroxyl groups is 1. The van der Waals surface area contributed by atoms with Gasteiger partial charge in [0.15, 0.2) is 11.6 Å². The molecule has 0 fully saturated rings. The first kappa shape index (κ1) is 30.8. The van der Waals surface area contributed by atoms with Gasteiger partial charge in [-0.25, -0.2) is 4.39 Å². The SMILES string of the molecule is NC(=O)CC1NC(=O)CCCCOc2ccc(cc2F)C[C@@H]([C@H](O)CNCc2cccc(C(F)(F)F)c2)NC1=O. The van der Waals surface area contributed by atoms with Crippen molar-refractivity contribution in [2.24, 2.45) is 5.73 Å². The number of amides is 3. The summed E-state index contributed by atoms with van der Waals surface area (Å²) >= 11 is 0. The molecule has 1 unspecified atom stereocenters. The summed E-state index contributed by atoms with van der Waals surface area (Å²) in [7, 11) is 0. The standard InChI is InChI=1S/C27H32F4N4O5/c28-19-11-16-7-8-23(19)40-9-2-1-6-25(38)34-21(13-24(32)37)26(39)35-20(12-16)22(36)15-33-14-17-4-3-5-18(10-17)27(29,30)31/h3-5,7-8,10-11,20-22,33,36H,1-2,6,9,12-15H2,(H2,32,37)(H,34,38)(H,35,39)/t20-,21?,22+/m0/s1. The van der Waals surface area contributed by atoms with Crippen LogP contribution in [0.3, 0.4) is 0 Å². The Morgan fingerprint density at radius 3 is 2.62 bits per heavy atom. The maximum atomic E-state index is 14.6. The fourth-order valence-electron chi connectivity index (χ4n) is 4.22. The second-order valence-corrected chi connectivity index (χ2v) is 9.58. The van der Waals surface area contributed by atoms with E-state index in [4.69, 9.17) is 10.5 Å². The van der Waals surface area contributed by atoms with E-state index < -0.39 is 59.9 Å². The number of carbonyl (C=O) groups is 3. The number of aliphatic hydroxyl groups excluding tert-OH is 1. The summed E-state index contributed by atoms with van der Waals surface area (Å²) in [6.45, 7) is -0.00594. The fraction of sp³-hybridized carbons (Fsp3) is 0.444. The number of carbonyl (C=O) groups excluding carboxylic acids is 3. The Labute approximate surface area is 228 Å². The normalized spacial score (nSPS) is 19.8. The molecule has 0 aliphatic carbocycles. The minimum absolute atomic E-state index is 0.0112. The lowest BCUT2D eigenvalue weighted by molar-refractivity contribution is -0.137. The van der Waals surface area contributed by atoms with Crippen LogP contribution in [0.4, 0.5) is 17.6 Å². The van der Waals surface area contributed by atoms with Crippen molar-refractivity contribution in [2.75, 3.05) is 13.2 Å². The highest BCUT2D eigenvalue weighted by Gasteiger charge is 2.31. The topological polar surface area (TPSA) is 143 Å². The van der Waals surface area contributed by atoms with E-state index in [1.807, 2.05) is 0 Å². The molecule has 9 nitrogen and oxygen atoms in total. The van der Waals surface area contributed by atoms with Crippen molar-refractivity contribution in [1.29, 1.82) is 0 Å². The molecule has 0 saturated carbocycles. The monoisotopic (exact) mass is 568 g/mol. The van der Waals surface area contributed by atoms with E-state index in [-0.39, 0.29) is 38.3 Å². The number of benzene rings is 2. The molecule has 218 valence electrons. The van der Waals surface area contributed by atoms with Crippen LogP contribution in [-0.4, -0.2) is 54.2 Å². The number of primary amides is 1. The van der Waals surface area contributed by atoms with Crippen LogP contribution in [0.5, 0.6) is 5.75 Å². The summed E-state index contributed by atoms with van der Waals surface area (Å²) in [6.07, 6.45) is -5.47. The van der Waals surface area contributed by atoms with Gasteiger partial charge in [-0.1, -0.05) is 24.3 Å². The van der Waals surface area contributed by atoms with E-state index in [1.165, 1.54) is 24.3 Å². The van der Waals surface area contributed by atoms with Gasteiger partial charge < -0.3 is 31.5 Å². The molecule has 2 aliphatic rings. The number of alkyl halides is 3. The van der Waals surface area contributed by atoms with Crippen molar-refractivity contribution in [3.05, 3.63) is 65.0 Å². The van der Waals surface area contributed by atoms with Crippen molar-refractivity contribution in [2.45, 2.75) is 63.0 Å². The Bertz CT molecular complexity index is 1190. The Hall–Kier alpha value is -3.71. The van der Waals surface area contributed by atoms with Crippen LogP contribution in [0.25, 0.3) is 0 Å². The zero-order valence-corrected chi connectivity index (χ0v) is 21.6. The zero-order chi connectivity index (χ0) is 29.3. The molecule has 2 heterocycles. The van der Waals surface area contributed by atoms with Gasteiger partial charge >= 0.3 is 6.18 Å². The summed E-state index contributed by atoms with van der Waals surface area (Å²) < 4.78 is 59.1. The Kier molecular flexibility index (Phi) is 10.8. The van der Waals surface area contributed by atoms with Gasteiger partial charge in [-0.2, -0.15) is 13.2 Å². The maximum Gasteiger partial charge on any atom is 0.416 e. The Morgan fingerprint density at radius 1 is 1.15 bits per heavy atom. The number of nitrogens with one attached hydrogen (secondary N) is 3. The molecule has 0 radical (unpaired) electrons. The van der Waals surface area contributed by atoms with Crippen molar-refractivity contribution in [1.82, 2.24) is 16.0 Å². The molecule has 0 spiro atoms. The third kappa shape index (κ3) is 9.49. The molecule has 3 amide bonds. The quantitative estimate of drug-likeness (QED) is 0.323. The Morgan fingerprint density at radius 2 is 1.93 bits per heavy atom. The second-order valence-electron chi connectivity index (χ2n) is 9.58. The summed E-state index contributed by atoms with van der Waals surface area (Å²) in [4.78, 5) is 37.0. The van der Waals surface area contributed by atoms with Gasteiger partial charge in [0, 0.05) is 19.5 Å². The van der Waals surface area contributed by atoms with E-state index in [2.05, 4.69) is 16.0 Å². The number of fused-ring (bicyclic) bond motifs is 13. The lowest BCUT2D eigenvalue weighted by Gasteiger charge is -2.27. The molecule has 2 bridgehead atoms. The zero-order valence-electron chi connectivity index (χ0n) is 21.6. The molecule has 3 atom stereocenters. The minimum Gasteiger partial charge on any atom is -0.491 e. The summed E-state index contributed by atoms with van der Waals surface area (Å²) in [5.41, 5.74) is 5.19. The van der Waals surface area contributed by atoms with Crippen LogP contribution in [-0.2, 0) is 33.5 Å². The van der Waals surface area contributed by atoms with Gasteiger partial charge in [0.05, 0.1) is 30.7 Å². The lowest BCUT2D eigenvalue weighted by Crippen LogP contribution is -2.55. The van der Waals surface area contributed by atoms with Crippen LogP contribution >= 0.6 is 0 Å². The number of rotatable bonds is 7. The summed E-state index contributed by atoms with van der Waals surface area (Å²) in [5.74, 6) is -2.73. The van der Waals surface area contributed by atoms with Gasteiger partial charge in [0.1, 0.15) is 6.04 Å². The molecule has 0 aromatic heterocycles. The van der Waals surface area contributed by atoms with Crippen molar-refractivity contribution < 1.29 is 41.8 Å². The average Bonchev–Trinajstić information content (AvgIpc) is 2.87. The van der Waals surface area contributed by atoms with Gasteiger partial charge in [-0.3, -0.25) is 14.4 Å². The summed E-state index contributed by atoms with van der Waals surface area (Å²) in [6, 6.07) is 6.57. The van der Waals surface area contributed by atoms with Gasteiger partial charge in [-0.15, -0.1) is 0 Å². The van der Waals surface area contributed by atoms with Crippen LogP contribution in [0.1, 0.15) is 42.4 Å². The third-order valence-electron chi connectivity index (χ3n) is 6.29. The number of hydrogen-bond acceptors (Lipinski definition) is 6. The third-order valence-corrected chi connectivity index (χ3v) is 6.29. The number of nitrogens with two attached hydrogens (primary N) is 1. The van der Waals surface area contributed by atoms with Gasteiger partial charge in [0.2, 0.25) is 17.7 Å². The van der Waals surface area contributed by atoms with E-state index in [9.17, 15) is 37.1 Å². The smallest absolute Gasteiger partial charge is 0.416 e. The first-order chi connectivity index (χ1) is 18.9. The highest BCUT2D eigenvalue weighted by atomic mass is 19.4. The van der Waals surface area contributed by atoms with Crippen LogP contribution in [0.15, 0.2) is 42.5 Å². The molecule has 2 aromatic carbocycles. The van der Waals surface area contributed by atoms with E-state index >= 15 is 0 Å². The molecule has 2 aromatic rings. The molecule has 13 heteroatoms. The highest BCUT2D eigenvalue weighted by Crippen LogP contribution is 2.29. The number of halogens is 4. The largest absolute Gasteiger partial charge is 0.491 e. The van der Waals surface area contributed by atoms with Gasteiger partial charge in [-0.05, 0) is 48.6 Å². The van der Waals surface area contributed by atoms with Crippen LogP contribution < -0.4 is 26.4 Å². The fourth-order valence-corrected chi connectivity index (χ4v) is 4.22. The molecule has 40 heavy (non-hydrogen) atoms. The second kappa shape index (κ2) is 14.1. The van der Waals surface area contributed by atoms with Crippen molar-refractivity contribution in [3.63, 3.8) is 0 Å². The van der Waals surface area contributed by atoms with Crippen LogP contribution in [0.2, 0.25) is 0 Å². The van der Waals surface area contributed by atoms with Gasteiger partial charge in [0.25, 0.3) is 0 Å². The number of ether oxygens (including phenoxy) is 1. The first-order valence-electron chi connectivity index (χ1n) is 12.8. The predicted molar refractivity (Wildman–Crippen MR) is 136 cm³/mol. The molecular formula is C27H32F4N4O5. The minimum atomic E-state index is -4.50. The highest BCUT2D eigenvalue weighted by molar-refractivity contribution is 5.91. The summed E-state index contributed by atoms with van der Waals surface area (Å²) in [5, 5.41) is 18.9. The van der Waals surface area contributed by atoms with Crippen LogP contribution in [0, 0.1) is 5.82 Å². The molecule has 0 saturated heterocycles. The Balaban J connectivity index is 1.79. The molecular weight excluding hydrogens is 536 g/mol. The van der Waals surface area contributed by atoms with Crippen molar-refractivity contribution >= 4 is 17.7 Å². The maximum absolute atomic E-state index is 14.6. The molecule has 4 rings (SSSR count). The predicted octanol–water partition coefficient (Wildman–Crippen LogP) is 1.95. The lowest BCUT2D eigenvalue weighted by atomic mass is 9.99. The number of hydrogen-bond donors (Lipinski definition) is 5.